The van der Waals surface area contributed by atoms with E-state index < -0.39 is 0 Å². The smallest absolute Gasteiger partial charge is 0.0671 e. The third-order valence-electron chi connectivity index (χ3n) is 1.82. The monoisotopic (exact) mass is 203 g/mol. The molecule has 0 saturated carbocycles. The van der Waals surface area contributed by atoms with Gasteiger partial charge in [-0.05, 0) is 34.1 Å². The Morgan fingerprint density at radius 2 is 1.86 bits per heavy atom. The van der Waals surface area contributed by atoms with E-state index in [0.717, 1.165) is 26.2 Å². The summed E-state index contributed by atoms with van der Waals surface area (Å²) in [4.78, 5) is 0. The molecule has 0 aliphatic heterocycles. The van der Waals surface area contributed by atoms with Gasteiger partial charge in [-0.15, -0.1) is 0 Å². The molecule has 0 spiro atoms. The lowest BCUT2D eigenvalue weighted by Crippen LogP contribution is -2.40. The molecule has 0 amide bonds. The highest BCUT2D eigenvalue weighted by atomic mass is 16.5. The van der Waals surface area contributed by atoms with Crippen molar-refractivity contribution in [3.05, 3.63) is 0 Å². The molecule has 1 atom stereocenters. The Labute approximate surface area is 88.2 Å². The molecule has 0 saturated heterocycles. The maximum Gasteiger partial charge on any atom is 0.0671 e. The van der Waals surface area contributed by atoms with Crippen LogP contribution in [0.1, 0.15) is 34.1 Å². The van der Waals surface area contributed by atoms with E-state index in [2.05, 4.69) is 33.0 Å². The molecule has 1 N–H and O–H groups in total. The zero-order valence-electron chi connectivity index (χ0n) is 10.2. The number of ether oxygens (including phenoxy) is 2. The lowest BCUT2D eigenvalue weighted by atomic mass is 10.1. The average Bonchev–Trinajstić information content (AvgIpc) is 2.08. The minimum absolute atomic E-state index is 0.171. The highest BCUT2D eigenvalue weighted by Crippen LogP contribution is 2.00. The minimum atomic E-state index is 0.171. The first-order valence-corrected chi connectivity index (χ1v) is 5.31. The SMILES string of the molecule is COCCCOC(C)CNC(C)(C)C. The van der Waals surface area contributed by atoms with Crippen molar-refractivity contribution in [2.24, 2.45) is 0 Å². The number of hydrogen-bond acceptors (Lipinski definition) is 3. The number of methoxy groups -OCH3 is 1. The van der Waals surface area contributed by atoms with Crippen molar-refractivity contribution >= 4 is 0 Å². The average molecular weight is 203 g/mol. The molecule has 3 heteroatoms. The predicted octanol–water partition coefficient (Wildman–Crippen LogP) is 1.82. The normalized spacial score (nSPS) is 14.4. The molecule has 0 aromatic rings. The topological polar surface area (TPSA) is 30.5 Å². The van der Waals surface area contributed by atoms with Gasteiger partial charge in [0.2, 0.25) is 0 Å². The summed E-state index contributed by atoms with van der Waals surface area (Å²) in [6, 6.07) is 0. The molecule has 0 radical (unpaired) electrons. The number of rotatable bonds is 7. The molecular weight excluding hydrogens is 178 g/mol. The van der Waals surface area contributed by atoms with E-state index in [9.17, 15) is 0 Å². The van der Waals surface area contributed by atoms with Crippen molar-refractivity contribution in [2.75, 3.05) is 26.9 Å². The van der Waals surface area contributed by atoms with E-state index in [-0.39, 0.29) is 11.6 Å². The Morgan fingerprint density at radius 3 is 2.36 bits per heavy atom. The second-order valence-electron chi connectivity index (χ2n) is 4.66. The first kappa shape index (κ1) is 13.9. The third-order valence-corrected chi connectivity index (χ3v) is 1.82. The van der Waals surface area contributed by atoms with Gasteiger partial charge in [0, 0.05) is 32.4 Å². The van der Waals surface area contributed by atoms with Gasteiger partial charge >= 0.3 is 0 Å². The summed E-state index contributed by atoms with van der Waals surface area (Å²) < 4.78 is 10.5. The van der Waals surface area contributed by atoms with Crippen LogP contribution in [0.15, 0.2) is 0 Å². The van der Waals surface area contributed by atoms with Crippen LogP contribution in [0.4, 0.5) is 0 Å². The van der Waals surface area contributed by atoms with Crippen LogP contribution in [0.2, 0.25) is 0 Å². The largest absolute Gasteiger partial charge is 0.385 e. The maximum absolute atomic E-state index is 5.60. The fourth-order valence-corrected chi connectivity index (χ4v) is 0.997. The van der Waals surface area contributed by atoms with E-state index in [1.807, 2.05) is 0 Å². The maximum atomic E-state index is 5.60. The van der Waals surface area contributed by atoms with Crippen LogP contribution in [0.3, 0.4) is 0 Å². The van der Waals surface area contributed by atoms with Gasteiger partial charge in [-0.3, -0.25) is 0 Å². The third kappa shape index (κ3) is 9.96. The first-order chi connectivity index (χ1) is 6.45. The Bertz CT molecular complexity index is 132. The highest BCUT2D eigenvalue weighted by molar-refractivity contribution is 4.71. The molecule has 14 heavy (non-hydrogen) atoms. The van der Waals surface area contributed by atoms with Crippen molar-refractivity contribution < 1.29 is 9.47 Å². The second kappa shape index (κ2) is 7.21. The molecule has 0 fully saturated rings. The summed E-state index contributed by atoms with van der Waals surface area (Å²) in [6.45, 7) is 11.0. The van der Waals surface area contributed by atoms with Crippen LogP contribution in [0.5, 0.6) is 0 Å². The van der Waals surface area contributed by atoms with Gasteiger partial charge < -0.3 is 14.8 Å². The lowest BCUT2D eigenvalue weighted by Gasteiger charge is -2.23. The van der Waals surface area contributed by atoms with E-state index in [1.165, 1.54) is 0 Å². The summed E-state index contributed by atoms with van der Waals surface area (Å²) >= 11 is 0. The molecule has 0 aromatic heterocycles. The fraction of sp³-hybridized carbons (Fsp3) is 1.00. The van der Waals surface area contributed by atoms with Crippen LogP contribution in [0.25, 0.3) is 0 Å². The van der Waals surface area contributed by atoms with Crippen LogP contribution < -0.4 is 5.32 Å². The quantitative estimate of drug-likeness (QED) is 0.640. The molecule has 86 valence electrons. The Hall–Kier alpha value is -0.120. The van der Waals surface area contributed by atoms with Crippen LogP contribution in [0, 0.1) is 0 Å². The fourth-order valence-electron chi connectivity index (χ4n) is 0.997. The number of hydrogen-bond donors (Lipinski definition) is 1. The van der Waals surface area contributed by atoms with Gasteiger partial charge in [-0.2, -0.15) is 0 Å². The Morgan fingerprint density at radius 1 is 1.21 bits per heavy atom. The zero-order valence-corrected chi connectivity index (χ0v) is 10.2. The van der Waals surface area contributed by atoms with Gasteiger partial charge in [0.15, 0.2) is 0 Å². The molecule has 3 nitrogen and oxygen atoms in total. The lowest BCUT2D eigenvalue weighted by molar-refractivity contribution is 0.0470. The van der Waals surface area contributed by atoms with Crippen LogP contribution in [-0.4, -0.2) is 38.5 Å². The molecular formula is C11H25NO2. The first-order valence-electron chi connectivity index (χ1n) is 5.31. The van der Waals surface area contributed by atoms with Gasteiger partial charge in [0.25, 0.3) is 0 Å². The predicted molar refractivity (Wildman–Crippen MR) is 59.7 cm³/mol. The van der Waals surface area contributed by atoms with Crippen molar-refractivity contribution in [3.8, 4) is 0 Å². The molecule has 0 rings (SSSR count). The standard InChI is InChI=1S/C11H25NO2/c1-10(9-12-11(2,3)4)14-8-6-7-13-5/h10,12H,6-9H2,1-5H3. The van der Waals surface area contributed by atoms with Crippen molar-refractivity contribution in [3.63, 3.8) is 0 Å². The summed E-state index contributed by atoms with van der Waals surface area (Å²) in [5, 5.41) is 3.41. The minimum Gasteiger partial charge on any atom is -0.385 e. The van der Waals surface area contributed by atoms with Gasteiger partial charge in [-0.25, -0.2) is 0 Å². The zero-order chi connectivity index (χ0) is 11.0. The van der Waals surface area contributed by atoms with E-state index in [1.54, 1.807) is 7.11 Å². The second-order valence-corrected chi connectivity index (χ2v) is 4.66. The van der Waals surface area contributed by atoms with E-state index >= 15 is 0 Å². The highest BCUT2D eigenvalue weighted by Gasteiger charge is 2.10. The molecule has 0 heterocycles. The van der Waals surface area contributed by atoms with Gasteiger partial charge in [0.05, 0.1) is 6.10 Å². The molecule has 1 unspecified atom stereocenters. The Balaban J connectivity index is 3.32. The molecule has 0 aliphatic rings. The van der Waals surface area contributed by atoms with E-state index in [4.69, 9.17) is 9.47 Å². The van der Waals surface area contributed by atoms with Crippen LogP contribution >= 0.6 is 0 Å². The van der Waals surface area contributed by atoms with Crippen LogP contribution in [-0.2, 0) is 9.47 Å². The molecule has 0 bridgehead atoms. The van der Waals surface area contributed by atoms with Crippen molar-refractivity contribution in [1.82, 2.24) is 5.32 Å². The molecule has 0 aromatic carbocycles. The van der Waals surface area contributed by atoms with Crippen molar-refractivity contribution in [2.45, 2.75) is 45.8 Å². The van der Waals surface area contributed by atoms with Crippen molar-refractivity contribution in [1.29, 1.82) is 0 Å². The van der Waals surface area contributed by atoms with Gasteiger partial charge in [-0.1, -0.05) is 0 Å². The molecule has 0 aliphatic carbocycles. The van der Waals surface area contributed by atoms with Gasteiger partial charge in [0.1, 0.15) is 0 Å². The summed E-state index contributed by atoms with van der Waals surface area (Å²) in [5.74, 6) is 0. The number of nitrogens with one attached hydrogen (secondary N) is 1. The summed E-state index contributed by atoms with van der Waals surface area (Å²) in [6.07, 6.45) is 1.24. The summed E-state index contributed by atoms with van der Waals surface area (Å²) in [5.41, 5.74) is 0.171. The Kier molecular flexibility index (Phi) is 7.15. The summed E-state index contributed by atoms with van der Waals surface area (Å²) in [7, 11) is 1.71. The van der Waals surface area contributed by atoms with E-state index in [0.29, 0.717) is 0 Å².